The number of carbonyl (C=O) groups is 1. The van der Waals surface area contributed by atoms with Crippen molar-refractivity contribution in [2.75, 3.05) is 13.1 Å². The maximum Gasteiger partial charge on any atom is 0.384 e. The van der Waals surface area contributed by atoms with Crippen LogP contribution in [0.25, 0.3) is 0 Å². The summed E-state index contributed by atoms with van der Waals surface area (Å²) in [4.78, 5) is 11.0. The molecule has 0 aromatic heterocycles. The highest BCUT2D eigenvalue weighted by molar-refractivity contribution is 5.88. The molecule has 74 valence electrons. The summed E-state index contributed by atoms with van der Waals surface area (Å²) in [6, 6.07) is 0. The number of esters is 1. The summed E-state index contributed by atoms with van der Waals surface area (Å²) in [7, 11) is 0. The minimum Gasteiger partial charge on any atom is -0.450 e. The minimum absolute atomic E-state index is 0.454. The van der Waals surface area contributed by atoms with Crippen LogP contribution in [0.1, 0.15) is 27.7 Å². The molecule has 0 radical (unpaired) electrons. The molecule has 0 fully saturated rings. The zero-order chi connectivity index (χ0) is 10.3. The molecular formula is C10H17NO2. The first-order valence-corrected chi connectivity index (χ1v) is 4.38. The van der Waals surface area contributed by atoms with Crippen LogP contribution in [0.3, 0.4) is 0 Å². The molecule has 0 bridgehead atoms. The van der Waals surface area contributed by atoms with E-state index < -0.39 is 11.6 Å². The standard InChI is InChI=1S/C10H17NO2/c1-5-11-8-6-7-9(12)13-10(2,3)4/h11H,5,8H2,1-4H3. The maximum absolute atomic E-state index is 11.0. The van der Waals surface area contributed by atoms with E-state index in [0.717, 1.165) is 6.54 Å². The second-order valence-corrected chi connectivity index (χ2v) is 3.58. The zero-order valence-corrected chi connectivity index (χ0v) is 8.73. The predicted octanol–water partition coefficient (Wildman–Crippen LogP) is 0.941. The van der Waals surface area contributed by atoms with Crippen LogP contribution in [0.5, 0.6) is 0 Å². The lowest BCUT2D eigenvalue weighted by atomic mass is 10.2. The molecule has 0 atom stereocenters. The van der Waals surface area contributed by atoms with E-state index in [0.29, 0.717) is 6.54 Å². The highest BCUT2D eigenvalue weighted by Gasteiger charge is 2.13. The smallest absolute Gasteiger partial charge is 0.384 e. The molecule has 0 aliphatic carbocycles. The van der Waals surface area contributed by atoms with Gasteiger partial charge in [-0.1, -0.05) is 12.8 Å². The van der Waals surface area contributed by atoms with Gasteiger partial charge in [-0.3, -0.25) is 0 Å². The van der Waals surface area contributed by atoms with Crippen LogP contribution >= 0.6 is 0 Å². The summed E-state index contributed by atoms with van der Waals surface area (Å²) < 4.78 is 4.98. The fourth-order valence-electron chi connectivity index (χ4n) is 0.607. The summed E-state index contributed by atoms with van der Waals surface area (Å²) in [6.07, 6.45) is 0. The average Bonchev–Trinajstić information content (AvgIpc) is 1.94. The van der Waals surface area contributed by atoms with Crippen LogP contribution in [0.2, 0.25) is 0 Å². The van der Waals surface area contributed by atoms with E-state index >= 15 is 0 Å². The number of rotatable bonds is 2. The van der Waals surface area contributed by atoms with E-state index in [-0.39, 0.29) is 0 Å². The van der Waals surface area contributed by atoms with Crippen molar-refractivity contribution in [3.05, 3.63) is 0 Å². The first kappa shape index (κ1) is 12.0. The number of nitrogens with one attached hydrogen (secondary N) is 1. The minimum atomic E-state index is -0.467. The molecule has 0 aliphatic rings. The molecule has 0 saturated heterocycles. The van der Waals surface area contributed by atoms with Crippen molar-refractivity contribution in [2.24, 2.45) is 0 Å². The highest BCUT2D eigenvalue weighted by Crippen LogP contribution is 2.05. The number of hydrogen-bond donors (Lipinski definition) is 1. The van der Waals surface area contributed by atoms with Crippen molar-refractivity contribution in [3.63, 3.8) is 0 Å². The molecule has 0 rings (SSSR count). The van der Waals surface area contributed by atoms with Gasteiger partial charge in [0.2, 0.25) is 0 Å². The largest absolute Gasteiger partial charge is 0.450 e. The Balaban J connectivity index is 3.78. The van der Waals surface area contributed by atoms with Crippen LogP contribution in [0.15, 0.2) is 0 Å². The predicted molar refractivity (Wildman–Crippen MR) is 52.2 cm³/mol. The first-order chi connectivity index (χ1) is 5.95. The molecule has 0 unspecified atom stereocenters. The highest BCUT2D eigenvalue weighted by atomic mass is 16.6. The molecular weight excluding hydrogens is 166 g/mol. The maximum atomic E-state index is 11.0. The van der Waals surface area contributed by atoms with Gasteiger partial charge >= 0.3 is 5.97 Å². The van der Waals surface area contributed by atoms with Crippen LogP contribution < -0.4 is 5.32 Å². The molecule has 13 heavy (non-hydrogen) atoms. The fraction of sp³-hybridized carbons (Fsp3) is 0.700. The number of hydrogen-bond acceptors (Lipinski definition) is 3. The molecule has 0 saturated carbocycles. The molecule has 1 N–H and O–H groups in total. The van der Waals surface area contributed by atoms with Crippen molar-refractivity contribution in [1.82, 2.24) is 5.32 Å². The number of carbonyl (C=O) groups excluding carboxylic acids is 1. The Hall–Kier alpha value is -1.01. The normalized spacial score (nSPS) is 10.2. The van der Waals surface area contributed by atoms with E-state index in [9.17, 15) is 4.79 Å². The summed E-state index contributed by atoms with van der Waals surface area (Å²) >= 11 is 0. The van der Waals surface area contributed by atoms with Gasteiger partial charge in [0.1, 0.15) is 5.60 Å². The lowest BCUT2D eigenvalue weighted by molar-refractivity contribution is -0.147. The molecule has 0 heterocycles. The molecule has 3 nitrogen and oxygen atoms in total. The van der Waals surface area contributed by atoms with E-state index in [2.05, 4.69) is 17.2 Å². The Morgan fingerprint density at radius 2 is 2.08 bits per heavy atom. The van der Waals surface area contributed by atoms with Gasteiger partial charge in [0, 0.05) is 5.92 Å². The fourth-order valence-corrected chi connectivity index (χ4v) is 0.607. The van der Waals surface area contributed by atoms with Crippen molar-refractivity contribution in [2.45, 2.75) is 33.3 Å². The molecule has 0 aromatic rings. The van der Waals surface area contributed by atoms with Gasteiger partial charge in [-0.25, -0.2) is 4.79 Å². The van der Waals surface area contributed by atoms with Gasteiger partial charge in [-0.05, 0) is 27.3 Å². The quantitative estimate of drug-likeness (QED) is 0.300. The third kappa shape index (κ3) is 8.90. The zero-order valence-electron chi connectivity index (χ0n) is 8.73. The van der Waals surface area contributed by atoms with Crippen molar-refractivity contribution in [3.8, 4) is 11.8 Å². The molecule has 0 aromatic carbocycles. The van der Waals surface area contributed by atoms with Gasteiger partial charge < -0.3 is 10.1 Å². The van der Waals surface area contributed by atoms with Gasteiger partial charge in [-0.15, -0.1) is 0 Å². The Bertz CT molecular complexity index is 217. The van der Waals surface area contributed by atoms with Crippen molar-refractivity contribution >= 4 is 5.97 Å². The molecule has 0 spiro atoms. The van der Waals surface area contributed by atoms with E-state index in [1.807, 2.05) is 27.7 Å². The van der Waals surface area contributed by atoms with Crippen LogP contribution in [-0.2, 0) is 9.53 Å². The second kappa shape index (κ2) is 5.60. The summed E-state index contributed by atoms with van der Waals surface area (Å²) in [5.41, 5.74) is -0.454. The van der Waals surface area contributed by atoms with Gasteiger partial charge in [-0.2, -0.15) is 0 Å². The monoisotopic (exact) mass is 183 g/mol. The van der Waals surface area contributed by atoms with Crippen LogP contribution in [-0.4, -0.2) is 24.7 Å². The molecule has 3 heteroatoms. The third-order valence-corrected chi connectivity index (χ3v) is 1.05. The lowest BCUT2D eigenvalue weighted by Crippen LogP contribution is -2.23. The molecule has 0 aliphatic heterocycles. The second-order valence-electron chi connectivity index (χ2n) is 3.58. The Morgan fingerprint density at radius 1 is 1.46 bits per heavy atom. The van der Waals surface area contributed by atoms with E-state index in [1.54, 1.807) is 0 Å². The van der Waals surface area contributed by atoms with E-state index in [1.165, 1.54) is 0 Å². The van der Waals surface area contributed by atoms with E-state index in [4.69, 9.17) is 4.74 Å². The van der Waals surface area contributed by atoms with Crippen molar-refractivity contribution < 1.29 is 9.53 Å². The number of ether oxygens (including phenoxy) is 1. The molecule has 0 amide bonds. The van der Waals surface area contributed by atoms with Crippen LogP contribution in [0, 0.1) is 11.8 Å². The topological polar surface area (TPSA) is 38.3 Å². The van der Waals surface area contributed by atoms with Crippen LogP contribution in [0.4, 0.5) is 0 Å². The summed E-state index contributed by atoms with van der Waals surface area (Å²) in [6.45, 7) is 8.80. The lowest BCUT2D eigenvalue weighted by Gasteiger charge is -2.16. The Kier molecular flexibility index (Phi) is 5.17. The first-order valence-electron chi connectivity index (χ1n) is 4.38. The Labute approximate surface area is 79.8 Å². The summed E-state index contributed by atoms with van der Waals surface area (Å²) in [5, 5.41) is 2.99. The third-order valence-electron chi connectivity index (χ3n) is 1.05. The van der Waals surface area contributed by atoms with Gasteiger partial charge in [0.25, 0.3) is 0 Å². The average molecular weight is 183 g/mol. The SMILES string of the molecule is CCNCC#CC(=O)OC(C)(C)C. The summed E-state index contributed by atoms with van der Waals surface area (Å²) in [5.74, 6) is 4.61. The van der Waals surface area contributed by atoms with Crippen molar-refractivity contribution in [1.29, 1.82) is 0 Å². The van der Waals surface area contributed by atoms with Gasteiger partial charge in [0.15, 0.2) is 0 Å². The Morgan fingerprint density at radius 3 is 2.54 bits per heavy atom. The van der Waals surface area contributed by atoms with Gasteiger partial charge in [0.05, 0.1) is 6.54 Å².